The van der Waals surface area contributed by atoms with Gasteiger partial charge >= 0.3 is 0 Å². The summed E-state index contributed by atoms with van der Waals surface area (Å²) >= 11 is 7.71. The van der Waals surface area contributed by atoms with E-state index in [0.29, 0.717) is 6.42 Å². The maximum absolute atomic E-state index is 11.2. The molecule has 1 amide bonds. The highest BCUT2D eigenvalue weighted by Crippen LogP contribution is 2.32. The minimum absolute atomic E-state index is 0.135. The van der Waals surface area contributed by atoms with E-state index >= 15 is 0 Å². The van der Waals surface area contributed by atoms with Crippen LogP contribution in [0.2, 0.25) is 5.02 Å². The van der Waals surface area contributed by atoms with Gasteiger partial charge in [-0.1, -0.05) is 11.6 Å². The Labute approximate surface area is 114 Å². The van der Waals surface area contributed by atoms with E-state index in [1.54, 1.807) is 17.5 Å². The summed E-state index contributed by atoms with van der Waals surface area (Å²) in [6, 6.07) is 2.07. The van der Waals surface area contributed by atoms with Crippen molar-refractivity contribution in [1.82, 2.24) is 14.9 Å². The fraction of sp³-hybridized carbons (Fsp3) is 0.333. The van der Waals surface area contributed by atoms with Crippen LogP contribution in [0, 0.1) is 0 Å². The van der Waals surface area contributed by atoms with Crippen LogP contribution in [0.1, 0.15) is 12.8 Å². The van der Waals surface area contributed by atoms with Crippen LogP contribution in [0.3, 0.4) is 0 Å². The molecule has 0 radical (unpaired) electrons. The average Bonchev–Trinajstić information content (AvgIpc) is 3.02. The first kappa shape index (κ1) is 11.7. The van der Waals surface area contributed by atoms with E-state index in [0.717, 1.165) is 28.7 Å². The Kier molecular flexibility index (Phi) is 3.09. The van der Waals surface area contributed by atoms with Crippen molar-refractivity contribution in [2.75, 3.05) is 0 Å². The number of halogens is 1. The molecule has 1 fully saturated rings. The zero-order valence-corrected chi connectivity index (χ0v) is 11.2. The Hall–Kier alpha value is -1.33. The molecule has 3 heterocycles. The van der Waals surface area contributed by atoms with E-state index in [1.165, 1.54) is 0 Å². The zero-order valence-electron chi connectivity index (χ0n) is 9.60. The molecule has 0 aromatic carbocycles. The third-order valence-corrected chi connectivity index (χ3v) is 4.38. The maximum atomic E-state index is 11.2. The molecular formula is C12H12ClN3OS. The lowest BCUT2D eigenvalue weighted by molar-refractivity contribution is -0.119. The molecule has 0 bridgehead atoms. The predicted molar refractivity (Wildman–Crippen MR) is 71.7 cm³/mol. The highest BCUT2D eigenvalue weighted by molar-refractivity contribution is 7.14. The lowest BCUT2D eigenvalue weighted by Gasteiger charge is -2.12. The molecular weight excluding hydrogens is 270 g/mol. The molecule has 1 N–H and O–H groups in total. The number of amides is 1. The summed E-state index contributed by atoms with van der Waals surface area (Å²) < 4.78 is 2.05. The summed E-state index contributed by atoms with van der Waals surface area (Å²) in [4.78, 5) is 16.5. The van der Waals surface area contributed by atoms with Crippen molar-refractivity contribution < 1.29 is 4.79 Å². The van der Waals surface area contributed by atoms with Gasteiger partial charge in [0.1, 0.15) is 0 Å². The van der Waals surface area contributed by atoms with Gasteiger partial charge in [0.25, 0.3) is 0 Å². The molecule has 6 heteroatoms. The summed E-state index contributed by atoms with van der Waals surface area (Å²) in [5, 5.41) is 5.64. The van der Waals surface area contributed by atoms with Crippen molar-refractivity contribution in [3.63, 3.8) is 0 Å². The molecule has 1 atom stereocenters. The Morgan fingerprint density at radius 3 is 3.17 bits per heavy atom. The number of carbonyl (C=O) groups excluding carboxylic acids is 1. The Morgan fingerprint density at radius 1 is 1.61 bits per heavy atom. The van der Waals surface area contributed by atoms with E-state index < -0.39 is 0 Å². The number of hydrogen-bond donors (Lipinski definition) is 1. The van der Waals surface area contributed by atoms with E-state index in [1.807, 2.05) is 22.2 Å². The topological polar surface area (TPSA) is 46.9 Å². The molecule has 3 rings (SSSR count). The van der Waals surface area contributed by atoms with Crippen LogP contribution in [0.4, 0.5) is 0 Å². The monoisotopic (exact) mass is 281 g/mol. The van der Waals surface area contributed by atoms with Crippen LogP contribution in [0.15, 0.2) is 23.8 Å². The summed E-state index contributed by atoms with van der Waals surface area (Å²) in [6.45, 7) is 0.745. The standard InChI is InChI=1S/C12H12ClN3OS/c13-9-3-6-18-11(9)12-14-4-5-16(12)7-8-1-2-10(17)15-8/h3-6,8H,1-2,7H2,(H,15,17). The van der Waals surface area contributed by atoms with Crippen molar-refractivity contribution in [2.45, 2.75) is 25.4 Å². The third kappa shape index (κ3) is 2.15. The molecule has 0 aliphatic carbocycles. The van der Waals surface area contributed by atoms with Crippen LogP contribution in [-0.2, 0) is 11.3 Å². The van der Waals surface area contributed by atoms with Crippen LogP contribution in [-0.4, -0.2) is 21.5 Å². The molecule has 4 nitrogen and oxygen atoms in total. The summed E-state index contributed by atoms with van der Waals surface area (Å²) in [6.07, 6.45) is 5.20. The number of rotatable bonds is 3. The van der Waals surface area contributed by atoms with Crippen molar-refractivity contribution in [3.05, 3.63) is 28.9 Å². The third-order valence-electron chi connectivity index (χ3n) is 3.04. The van der Waals surface area contributed by atoms with Gasteiger partial charge in [-0.05, 0) is 17.9 Å². The van der Waals surface area contributed by atoms with Gasteiger partial charge in [0.2, 0.25) is 5.91 Å². The lowest BCUT2D eigenvalue weighted by atomic mass is 10.2. The number of carbonyl (C=O) groups is 1. The number of aromatic nitrogens is 2. The first-order valence-corrected chi connectivity index (χ1v) is 7.03. The molecule has 1 saturated heterocycles. The molecule has 18 heavy (non-hydrogen) atoms. The van der Waals surface area contributed by atoms with Gasteiger partial charge in [0, 0.05) is 31.4 Å². The number of thiophene rings is 1. The number of hydrogen-bond acceptors (Lipinski definition) is 3. The molecule has 2 aromatic heterocycles. The Balaban J connectivity index is 1.84. The minimum atomic E-state index is 0.135. The van der Waals surface area contributed by atoms with Crippen molar-refractivity contribution in [1.29, 1.82) is 0 Å². The SMILES string of the molecule is O=C1CCC(Cn2ccnc2-c2sccc2Cl)N1. The van der Waals surface area contributed by atoms with Gasteiger partial charge in [-0.3, -0.25) is 4.79 Å². The van der Waals surface area contributed by atoms with E-state index in [9.17, 15) is 4.79 Å². The highest BCUT2D eigenvalue weighted by Gasteiger charge is 2.22. The fourth-order valence-corrected chi connectivity index (χ4v) is 3.32. The lowest BCUT2D eigenvalue weighted by Crippen LogP contribution is -2.29. The molecule has 94 valence electrons. The minimum Gasteiger partial charge on any atom is -0.352 e. The van der Waals surface area contributed by atoms with Crippen LogP contribution >= 0.6 is 22.9 Å². The number of imidazole rings is 1. The van der Waals surface area contributed by atoms with E-state index in [4.69, 9.17) is 11.6 Å². The Morgan fingerprint density at radius 2 is 2.50 bits per heavy atom. The van der Waals surface area contributed by atoms with Crippen LogP contribution < -0.4 is 5.32 Å². The zero-order chi connectivity index (χ0) is 12.5. The second-order valence-corrected chi connectivity index (χ2v) is 5.63. The first-order chi connectivity index (χ1) is 8.74. The summed E-state index contributed by atoms with van der Waals surface area (Å²) in [5.41, 5.74) is 0. The fourth-order valence-electron chi connectivity index (χ4n) is 2.17. The van der Waals surface area contributed by atoms with Gasteiger partial charge in [-0.25, -0.2) is 4.98 Å². The largest absolute Gasteiger partial charge is 0.352 e. The maximum Gasteiger partial charge on any atom is 0.220 e. The highest BCUT2D eigenvalue weighted by atomic mass is 35.5. The second kappa shape index (κ2) is 4.74. The van der Waals surface area contributed by atoms with Gasteiger partial charge in [0.05, 0.1) is 9.90 Å². The molecule has 0 spiro atoms. The molecule has 0 saturated carbocycles. The molecule has 2 aromatic rings. The second-order valence-electron chi connectivity index (χ2n) is 4.30. The molecule has 1 unspecified atom stereocenters. The van der Waals surface area contributed by atoms with Gasteiger partial charge in [-0.2, -0.15) is 0 Å². The number of nitrogens with zero attached hydrogens (tertiary/aromatic N) is 2. The van der Waals surface area contributed by atoms with E-state index in [2.05, 4.69) is 10.3 Å². The van der Waals surface area contributed by atoms with Crippen molar-refractivity contribution in [3.8, 4) is 10.7 Å². The van der Waals surface area contributed by atoms with Crippen molar-refractivity contribution in [2.24, 2.45) is 0 Å². The van der Waals surface area contributed by atoms with Gasteiger partial charge in [-0.15, -0.1) is 11.3 Å². The van der Waals surface area contributed by atoms with Gasteiger partial charge < -0.3 is 9.88 Å². The summed E-state index contributed by atoms with van der Waals surface area (Å²) in [5.74, 6) is 1.01. The first-order valence-electron chi connectivity index (χ1n) is 5.78. The smallest absolute Gasteiger partial charge is 0.220 e. The molecule has 1 aliphatic heterocycles. The van der Waals surface area contributed by atoms with Gasteiger partial charge in [0.15, 0.2) is 5.82 Å². The summed E-state index contributed by atoms with van der Waals surface area (Å²) in [7, 11) is 0. The van der Waals surface area contributed by atoms with Crippen molar-refractivity contribution >= 4 is 28.8 Å². The quantitative estimate of drug-likeness (QED) is 0.940. The average molecular weight is 282 g/mol. The number of nitrogens with one attached hydrogen (secondary N) is 1. The Bertz CT molecular complexity index is 577. The van der Waals surface area contributed by atoms with Crippen LogP contribution in [0.5, 0.6) is 0 Å². The van der Waals surface area contributed by atoms with E-state index in [-0.39, 0.29) is 11.9 Å². The predicted octanol–water partition coefficient (Wildman–Crippen LogP) is 2.54. The molecule has 1 aliphatic rings. The normalized spacial score (nSPS) is 19.2. The van der Waals surface area contributed by atoms with Crippen LogP contribution in [0.25, 0.3) is 10.7 Å².